The lowest BCUT2D eigenvalue weighted by Gasteiger charge is -2.22. The van der Waals surface area contributed by atoms with Gasteiger partial charge in [0.1, 0.15) is 6.04 Å². The van der Waals surface area contributed by atoms with Crippen LogP contribution in [-0.2, 0) is 24.2 Å². The highest BCUT2D eigenvalue weighted by Crippen LogP contribution is 2.22. The number of nitrogens with zero attached hydrogens (tertiary/aromatic N) is 1. The number of benzene rings is 1. The van der Waals surface area contributed by atoms with E-state index in [0.29, 0.717) is 6.54 Å². The van der Waals surface area contributed by atoms with E-state index in [4.69, 9.17) is 10.8 Å². The molecule has 19 heavy (non-hydrogen) atoms. The van der Waals surface area contributed by atoms with Crippen LogP contribution in [0.2, 0.25) is 0 Å². The molecule has 0 aliphatic heterocycles. The van der Waals surface area contributed by atoms with Gasteiger partial charge in [-0.1, -0.05) is 18.2 Å². The highest BCUT2D eigenvalue weighted by molar-refractivity contribution is 5.81. The maximum atomic E-state index is 11.8. The first kappa shape index (κ1) is 14.0. The SMILES string of the molecule is CN(Cc1ccc2c(c1)CCCC2)C(=O)C(N)CO. The number of aryl methyl sites for hydroxylation is 2. The molecule has 1 amide bonds. The van der Waals surface area contributed by atoms with Gasteiger partial charge in [-0.25, -0.2) is 0 Å². The van der Waals surface area contributed by atoms with Crippen LogP contribution in [0.3, 0.4) is 0 Å². The number of likely N-dealkylation sites (N-methyl/N-ethyl adjacent to an activating group) is 1. The largest absolute Gasteiger partial charge is 0.394 e. The first-order valence-corrected chi connectivity index (χ1v) is 6.84. The monoisotopic (exact) mass is 262 g/mol. The van der Waals surface area contributed by atoms with E-state index < -0.39 is 6.04 Å². The van der Waals surface area contributed by atoms with E-state index >= 15 is 0 Å². The van der Waals surface area contributed by atoms with E-state index in [0.717, 1.165) is 12.0 Å². The predicted octanol–water partition coefficient (Wildman–Crippen LogP) is 0.843. The van der Waals surface area contributed by atoms with E-state index in [1.54, 1.807) is 11.9 Å². The summed E-state index contributed by atoms with van der Waals surface area (Å²) in [6.07, 6.45) is 4.83. The topological polar surface area (TPSA) is 66.6 Å². The smallest absolute Gasteiger partial charge is 0.241 e. The number of carbonyl (C=O) groups excluding carboxylic acids is 1. The minimum atomic E-state index is -0.817. The van der Waals surface area contributed by atoms with Crippen LogP contribution in [0.4, 0.5) is 0 Å². The molecule has 2 rings (SSSR count). The molecular formula is C15H22N2O2. The maximum absolute atomic E-state index is 11.8. The van der Waals surface area contributed by atoms with Gasteiger partial charge in [0.05, 0.1) is 6.61 Å². The van der Waals surface area contributed by atoms with Crippen molar-refractivity contribution in [1.29, 1.82) is 0 Å². The highest BCUT2D eigenvalue weighted by atomic mass is 16.3. The van der Waals surface area contributed by atoms with Gasteiger partial charge in [0.15, 0.2) is 0 Å². The van der Waals surface area contributed by atoms with Gasteiger partial charge in [-0.3, -0.25) is 4.79 Å². The van der Waals surface area contributed by atoms with Crippen molar-refractivity contribution in [1.82, 2.24) is 4.90 Å². The number of amides is 1. The number of hydrogen-bond acceptors (Lipinski definition) is 3. The van der Waals surface area contributed by atoms with Crippen molar-refractivity contribution in [3.05, 3.63) is 34.9 Å². The fourth-order valence-electron chi connectivity index (χ4n) is 2.60. The second-order valence-electron chi connectivity index (χ2n) is 5.29. The highest BCUT2D eigenvalue weighted by Gasteiger charge is 2.17. The third kappa shape index (κ3) is 3.33. The zero-order valence-corrected chi connectivity index (χ0v) is 11.4. The van der Waals surface area contributed by atoms with Gasteiger partial charge in [0.2, 0.25) is 5.91 Å². The standard InChI is InChI=1S/C15H22N2O2/c1-17(15(19)14(16)10-18)9-11-6-7-12-4-2-3-5-13(12)8-11/h6-8,14,18H,2-5,9-10,16H2,1H3. The minimum absolute atomic E-state index is 0.222. The van der Waals surface area contributed by atoms with E-state index in [1.165, 1.54) is 30.4 Å². The molecule has 1 atom stereocenters. The van der Waals surface area contributed by atoms with Gasteiger partial charge in [-0.2, -0.15) is 0 Å². The van der Waals surface area contributed by atoms with Crippen molar-refractivity contribution in [2.24, 2.45) is 5.73 Å². The molecule has 1 unspecified atom stereocenters. The van der Waals surface area contributed by atoms with Crippen LogP contribution in [0.1, 0.15) is 29.5 Å². The molecule has 1 aliphatic carbocycles. The Labute approximate surface area is 114 Å². The van der Waals surface area contributed by atoms with Crippen LogP contribution in [-0.4, -0.2) is 35.6 Å². The molecular weight excluding hydrogens is 240 g/mol. The lowest BCUT2D eigenvalue weighted by molar-refractivity contribution is -0.132. The van der Waals surface area contributed by atoms with E-state index in [2.05, 4.69) is 18.2 Å². The van der Waals surface area contributed by atoms with Gasteiger partial charge >= 0.3 is 0 Å². The first-order valence-electron chi connectivity index (χ1n) is 6.84. The van der Waals surface area contributed by atoms with Gasteiger partial charge in [0, 0.05) is 13.6 Å². The Hall–Kier alpha value is -1.39. The minimum Gasteiger partial charge on any atom is -0.394 e. The zero-order valence-electron chi connectivity index (χ0n) is 11.4. The van der Waals surface area contributed by atoms with Crippen LogP contribution >= 0.6 is 0 Å². The molecule has 0 saturated carbocycles. The summed E-state index contributed by atoms with van der Waals surface area (Å²) in [5.41, 5.74) is 9.52. The van der Waals surface area contributed by atoms with Crippen LogP contribution in [0.15, 0.2) is 18.2 Å². The molecule has 0 bridgehead atoms. The maximum Gasteiger partial charge on any atom is 0.241 e. The van der Waals surface area contributed by atoms with Gasteiger partial charge in [-0.05, 0) is 42.4 Å². The number of aliphatic hydroxyl groups excluding tert-OH is 1. The summed E-state index contributed by atoms with van der Waals surface area (Å²) in [6.45, 7) is 0.229. The Kier molecular flexibility index (Phi) is 4.56. The van der Waals surface area contributed by atoms with E-state index in [1.807, 2.05) is 0 Å². The summed E-state index contributed by atoms with van der Waals surface area (Å²) < 4.78 is 0. The van der Waals surface area contributed by atoms with Crippen molar-refractivity contribution < 1.29 is 9.90 Å². The van der Waals surface area contributed by atoms with Gasteiger partial charge < -0.3 is 15.7 Å². The fraction of sp³-hybridized carbons (Fsp3) is 0.533. The Bertz CT molecular complexity index is 459. The van der Waals surface area contributed by atoms with Gasteiger partial charge in [-0.15, -0.1) is 0 Å². The number of aliphatic hydroxyl groups is 1. The van der Waals surface area contributed by atoms with E-state index in [9.17, 15) is 4.79 Å². The van der Waals surface area contributed by atoms with Crippen LogP contribution < -0.4 is 5.73 Å². The summed E-state index contributed by atoms with van der Waals surface area (Å²) in [5, 5.41) is 8.91. The van der Waals surface area contributed by atoms with Crippen molar-refractivity contribution in [3.8, 4) is 0 Å². The van der Waals surface area contributed by atoms with Crippen LogP contribution in [0.25, 0.3) is 0 Å². The lowest BCUT2D eigenvalue weighted by atomic mass is 9.90. The third-order valence-corrected chi connectivity index (χ3v) is 3.72. The first-order chi connectivity index (χ1) is 9.11. The number of hydrogen-bond donors (Lipinski definition) is 2. The second-order valence-corrected chi connectivity index (χ2v) is 5.29. The number of rotatable bonds is 4. The number of carbonyl (C=O) groups is 1. The summed E-state index contributed by atoms with van der Waals surface area (Å²) in [6, 6.07) is 5.64. The van der Waals surface area contributed by atoms with Crippen LogP contribution in [0, 0.1) is 0 Å². The Morgan fingerprint density at radius 3 is 2.74 bits per heavy atom. The summed E-state index contributed by atoms with van der Waals surface area (Å²) in [7, 11) is 1.72. The van der Waals surface area contributed by atoms with E-state index in [-0.39, 0.29) is 12.5 Å². The average molecular weight is 262 g/mol. The van der Waals surface area contributed by atoms with Crippen molar-refractivity contribution in [2.75, 3.05) is 13.7 Å². The molecule has 0 heterocycles. The lowest BCUT2D eigenvalue weighted by Crippen LogP contribution is -2.43. The molecule has 0 aromatic heterocycles. The molecule has 4 heteroatoms. The molecule has 1 aromatic rings. The average Bonchev–Trinajstić information content (AvgIpc) is 2.45. The normalized spacial score (nSPS) is 15.7. The zero-order chi connectivity index (χ0) is 13.8. The summed E-state index contributed by atoms with van der Waals surface area (Å²) in [4.78, 5) is 13.4. The summed E-state index contributed by atoms with van der Waals surface area (Å²) in [5.74, 6) is -0.222. The van der Waals surface area contributed by atoms with Crippen LogP contribution in [0.5, 0.6) is 0 Å². The number of fused-ring (bicyclic) bond motifs is 1. The molecule has 104 valence electrons. The van der Waals surface area contributed by atoms with Crippen molar-refractivity contribution in [3.63, 3.8) is 0 Å². The molecule has 0 spiro atoms. The molecule has 1 aliphatic rings. The Balaban J connectivity index is 2.05. The Morgan fingerprint density at radius 2 is 2.05 bits per heavy atom. The molecule has 3 N–H and O–H groups in total. The molecule has 0 radical (unpaired) electrons. The molecule has 4 nitrogen and oxygen atoms in total. The van der Waals surface area contributed by atoms with Gasteiger partial charge in [0.25, 0.3) is 0 Å². The molecule has 0 fully saturated rings. The van der Waals surface area contributed by atoms with Crippen molar-refractivity contribution in [2.45, 2.75) is 38.3 Å². The Morgan fingerprint density at radius 1 is 1.37 bits per heavy atom. The fourth-order valence-corrected chi connectivity index (χ4v) is 2.60. The predicted molar refractivity (Wildman–Crippen MR) is 74.6 cm³/mol. The van der Waals surface area contributed by atoms with Crippen molar-refractivity contribution >= 4 is 5.91 Å². The second kappa shape index (κ2) is 6.17. The molecule has 0 saturated heterocycles. The third-order valence-electron chi connectivity index (χ3n) is 3.72. The molecule has 1 aromatic carbocycles. The summed E-state index contributed by atoms with van der Waals surface area (Å²) >= 11 is 0. The quantitative estimate of drug-likeness (QED) is 0.845. The number of nitrogens with two attached hydrogens (primary N) is 1.